The topological polar surface area (TPSA) is 68.2 Å². The molecule has 0 saturated heterocycles. The van der Waals surface area contributed by atoms with Crippen molar-refractivity contribution in [1.82, 2.24) is 5.01 Å². The molecule has 1 aliphatic rings. The van der Waals surface area contributed by atoms with Crippen molar-refractivity contribution in [2.24, 2.45) is 5.10 Å². The maximum Gasteiger partial charge on any atom is 0.309 e. The smallest absolute Gasteiger partial charge is 0.309 e. The van der Waals surface area contributed by atoms with Crippen LogP contribution in [0.25, 0.3) is 0 Å². The molecule has 1 rings (SSSR count). The first-order chi connectivity index (χ1) is 9.01. The lowest BCUT2D eigenvalue weighted by Crippen LogP contribution is -2.20. The normalized spacial score (nSPS) is 17.4. The van der Waals surface area contributed by atoms with Gasteiger partial charge in [-0.25, -0.2) is 5.01 Å². The largest absolute Gasteiger partial charge is 0.497 e. The molecule has 1 heterocycles. The van der Waals surface area contributed by atoms with Gasteiger partial charge >= 0.3 is 5.97 Å². The van der Waals surface area contributed by atoms with Crippen LogP contribution in [0.4, 0.5) is 0 Å². The summed E-state index contributed by atoms with van der Waals surface area (Å²) in [6.45, 7) is 5.62. The number of amides is 1. The number of likely N-dealkylation sites (N-methyl/N-ethyl adjacent to an activating group) is 1. The predicted octanol–water partition coefficient (Wildman–Crippen LogP) is 1.82. The van der Waals surface area contributed by atoms with Crippen LogP contribution in [0.1, 0.15) is 40.0 Å². The van der Waals surface area contributed by atoms with Gasteiger partial charge in [-0.2, -0.15) is 0 Å². The summed E-state index contributed by atoms with van der Waals surface area (Å²) in [7, 11) is 1.52. The number of ether oxygens (including phenoxy) is 2. The van der Waals surface area contributed by atoms with E-state index >= 15 is 0 Å². The van der Waals surface area contributed by atoms with Crippen molar-refractivity contribution >= 4 is 17.8 Å². The fourth-order valence-electron chi connectivity index (χ4n) is 1.71. The summed E-state index contributed by atoms with van der Waals surface area (Å²) in [6.07, 6.45) is 2.50. The highest BCUT2D eigenvalue weighted by Crippen LogP contribution is 2.23. The Balaban J connectivity index is 3.10. The minimum absolute atomic E-state index is 0.0274. The summed E-state index contributed by atoms with van der Waals surface area (Å²) in [5.41, 5.74) is 0.257. The van der Waals surface area contributed by atoms with E-state index in [4.69, 9.17) is 9.47 Å². The third-order valence-corrected chi connectivity index (χ3v) is 2.56. The summed E-state index contributed by atoms with van der Waals surface area (Å²) < 4.78 is 10.5. The van der Waals surface area contributed by atoms with Crippen molar-refractivity contribution in [3.8, 4) is 0 Å². The number of carbonyl (C=O) groups excluding carboxylic acids is 2. The van der Waals surface area contributed by atoms with Crippen molar-refractivity contribution in [2.45, 2.75) is 40.0 Å². The maximum atomic E-state index is 12.1. The molecule has 0 N–H and O–H groups in total. The third-order valence-electron chi connectivity index (χ3n) is 2.56. The summed E-state index contributed by atoms with van der Waals surface area (Å²) in [6, 6.07) is 0. The zero-order valence-corrected chi connectivity index (χ0v) is 11.9. The fraction of sp³-hybridized carbons (Fsp3) is 0.615. The average Bonchev–Trinajstić information content (AvgIpc) is 2.60. The monoisotopic (exact) mass is 268 g/mol. The first-order valence-corrected chi connectivity index (χ1v) is 6.42. The second-order valence-corrected chi connectivity index (χ2v) is 4.16. The van der Waals surface area contributed by atoms with Gasteiger partial charge in [-0.05, 0) is 13.3 Å². The highest BCUT2D eigenvalue weighted by molar-refractivity contribution is 6.23. The molecule has 0 aromatic rings. The van der Waals surface area contributed by atoms with Crippen LogP contribution in [0.5, 0.6) is 0 Å². The number of allylic oxidation sites excluding steroid dienone is 1. The molecule has 106 valence electrons. The van der Waals surface area contributed by atoms with Crippen LogP contribution in [-0.4, -0.2) is 36.4 Å². The van der Waals surface area contributed by atoms with Gasteiger partial charge in [0.05, 0.1) is 6.61 Å². The first-order valence-electron chi connectivity index (χ1n) is 6.42. The summed E-state index contributed by atoms with van der Waals surface area (Å²) >= 11 is 0. The van der Waals surface area contributed by atoms with Crippen molar-refractivity contribution < 1.29 is 19.1 Å². The Bertz CT molecular complexity index is 426. The zero-order chi connectivity index (χ0) is 14.4. The van der Waals surface area contributed by atoms with Gasteiger partial charge in [-0.3, -0.25) is 9.59 Å². The lowest BCUT2D eigenvalue weighted by atomic mass is 10.1. The van der Waals surface area contributed by atoms with E-state index in [1.54, 1.807) is 0 Å². The number of hydrogen-bond donors (Lipinski definition) is 0. The number of hydrazone groups is 1. The van der Waals surface area contributed by atoms with Crippen molar-refractivity contribution in [1.29, 1.82) is 0 Å². The van der Waals surface area contributed by atoms with Crippen LogP contribution in [-0.2, 0) is 19.1 Å². The molecular weight excluding hydrogens is 248 g/mol. The molecule has 0 bridgehead atoms. The van der Waals surface area contributed by atoms with E-state index < -0.39 is 5.97 Å². The Kier molecular flexibility index (Phi) is 5.54. The van der Waals surface area contributed by atoms with Crippen molar-refractivity contribution in [2.75, 3.05) is 13.7 Å². The SMILES string of the molecule is CCCC/C(OCC)=C1/C(=O)N(C)N=C1OC(C)=O. The number of hydrogen-bond acceptors (Lipinski definition) is 5. The molecule has 19 heavy (non-hydrogen) atoms. The van der Waals surface area contributed by atoms with Gasteiger partial charge in [-0.15, -0.1) is 5.10 Å². The van der Waals surface area contributed by atoms with Gasteiger partial charge in [0.25, 0.3) is 11.8 Å². The molecule has 6 heteroatoms. The maximum absolute atomic E-state index is 12.1. The Hall–Kier alpha value is -1.85. The molecule has 0 aromatic heterocycles. The van der Waals surface area contributed by atoms with E-state index in [2.05, 4.69) is 12.0 Å². The number of esters is 1. The van der Waals surface area contributed by atoms with Gasteiger partial charge < -0.3 is 9.47 Å². The minimum atomic E-state index is -0.509. The minimum Gasteiger partial charge on any atom is -0.497 e. The Morgan fingerprint density at radius 3 is 2.58 bits per heavy atom. The molecule has 6 nitrogen and oxygen atoms in total. The van der Waals surface area contributed by atoms with Gasteiger partial charge in [0.15, 0.2) is 0 Å². The number of carbonyl (C=O) groups is 2. The van der Waals surface area contributed by atoms with Crippen molar-refractivity contribution in [3.05, 3.63) is 11.3 Å². The fourth-order valence-corrected chi connectivity index (χ4v) is 1.71. The molecule has 0 spiro atoms. The Morgan fingerprint density at radius 1 is 1.37 bits per heavy atom. The molecule has 0 saturated carbocycles. The average molecular weight is 268 g/mol. The van der Waals surface area contributed by atoms with Crippen LogP contribution in [0.15, 0.2) is 16.4 Å². The Morgan fingerprint density at radius 2 is 2.05 bits per heavy atom. The second kappa shape index (κ2) is 6.92. The molecule has 1 aliphatic heterocycles. The Labute approximate surface area is 113 Å². The van der Waals surface area contributed by atoms with E-state index in [-0.39, 0.29) is 17.4 Å². The molecule has 0 aromatic carbocycles. The predicted molar refractivity (Wildman–Crippen MR) is 70.1 cm³/mol. The highest BCUT2D eigenvalue weighted by Gasteiger charge is 2.34. The molecule has 0 aliphatic carbocycles. The first kappa shape index (κ1) is 15.2. The molecule has 0 atom stereocenters. The van der Waals surface area contributed by atoms with E-state index in [9.17, 15) is 9.59 Å². The quantitative estimate of drug-likeness (QED) is 0.433. The van der Waals surface area contributed by atoms with Gasteiger partial charge in [0, 0.05) is 20.4 Å². The highest BCUT2D eigenvalue weighted by atomic mass is 16.5. The molecule has 1 amide bonds. The van der Waals surface area contributed by atoms with Crippen LogP contribution >= 0.6 is 0 Å². The van der Waals surface area contributed by atoms with Crippen LogP contribution in [0.3, 0.4) is 0 Å². The zero-order valence-electron chi connectivity index (χ0n) is 11.9. The number of unbranched alkanes of at least 4 members (excludes halogenated alkanes) is 1. The van der Waals surface area contributed by atoms with Crippen LogP contribution < -0.4 is 0 Å². The van der Waals surface area contributed by atoms with Crippen LogP contribution in [0.2, 0.25) is 0 Å². The van der Waals surface area contributed by atoms with E-state index in [1.807, 2.05) is 6.92 Å². The lowest BCUT2D eigenvalue weighted by molar-refractivity contribution is -0.133. The molecule has 0 fully saturated rings. The molecule has 0 unspecified atom stereocenters. The van der Waals surface area contributed by atoms with Gasteiger partial charge in [0.1, 0.15) is 11.3 Å². The van der Waals surface area contributed by atoms with Crippen molar-refractivity contribution in [3.63, 3.8) is 0 Å². The van der Waals surface area contributed by atoms with E-state index in [0.717, 1.165) is 17.9 Å². The number of nitrogens with zero attached hydrogens (tertiary/aromatic N) is 2. The lowest BCUT2D eigenvalue weighted by Gasteiger charge is -2.12. The van der Waals surface area contributed by atoms with E-state index in [0.29, 0.717) is 18.8 Å². The molecular formula is C13H20N2O4. The molecule has 0 radical (unpaired) electrons. The third kappa shape index (κ3) is 3.81. The summed E-state index contributed by atoms with van der Waals surface area (Å²) in [5.74, 6) is -0.250. The number of rotatable bonds is 5. The van der Waals surface area contributed by atoms with Crippen LogP contribution in [0, 0.1) is 0 Å². The summed E-state index contributed by atoms with van der Waals surface area (Å²) in [5, 5.41) is 5.07. The summed E-state index contributed by atoms with van der Waals surface area (Å²) in [4.78, 5) is 23.1. The van der Waals surface area contributed by atoms with Gasteiger partial charge in [0.2, 0.25) is 0 Å². The standard InChI is InChI=1S/C13H20N2O4/c1-5-7-8-10(18-6-2)11-12(19-9(3)16)14-15(4)13(11)17/h5-8H2,1-4H3/b11-10-. The van der Waals surface area contributed by atoms with E-state index in [1.165, 1.54) is 14.0 Å². The van der Waals surface area contributed by atoms with Gasteiger partial charge in [-0.1, -0.05) is 13.3 Å². The second-order valence-electron chi connectivity index (χ2n) is 4.16.